The average Bonchev–Trinajstić information content (AvgIpc) is 0.722. The molecule has 0 aliphatic rings. The molecule has 0 spiro atoms. The van der Waals surface area contributed by atoms with Crippen molar-refractivity contribution in [1.82, 2.24) is 0 Å². The molecule has 0 unspecified atom stereocenters. The zero-order chi connectivity index (χ0) is 4.50. The molecule has 4 nitrogen and oxygen atoms in total. The van der Waals surface area contributed by atoms with E-state index in [0.29, 0.717) is 0 Å². The smallest absolute Gasteiger partial charge is 0.822 e. The van der Waals surface area contributed by atoms with E-state index in [-0.39, 0.29) is 34.1 Å². The Kier molecular flexibility index (Phi) is 11.9. The molecule has 0 aromatic carbocycles. The van der Waals surface area contributed by atoms with Crippen LogP contribution in [0.2, 0.25) is 0 Å². The molecule has 0 aromatic heterocycles. The van der Waals surface area contributed by atoms with Crippen LogP contribution in [0.15, 0.2) is 0 Å². The molecule has 1 radical (unpaired) electrons. The van der Waals surface area contributed by atoms with Gasteiger partial charge in [-0.1, -0.05) is 0 Å². The van der Waals surface area contributed by atoms with Crippen molar-refractivity contribution in [3.63, 3.8) is 0 Å². The van der Waals surface area contributed by atoms with Gasteiger partial charge in [-0.2, -0.15) is 7.82 Å². The Morgan fingerprint density at radius 3 is 1.14 bits per heavy atom. The van der Waals surface area contributed by atoms with Crippen molar-refractivity contribution >= 4 is 7.82 Å². The van der Waals surface area contributed by atoms with Crippen molar-refractivity contribution in [3.8, 4) is 0 Å². The third-order valence-corrected chi connectivity index (χ3v) is 0. The third kappa shape index (κ3) is 144. The van der Waals surface area contributed by atoms with Crippen molar-refractivity contribution in [2.75, 3.05) is 0 Å². The minimum Gasteiger partial charge on any atom is -0.822 e. The van der Waals surface area contributed by atoms with Crippen LogP contribution in [0.4, 0.5) is 0 Å². The molecule has 0 amide bonds. The Hall–Kier alpha value is 1.15. The first kappa shape index (κ1) is 15.7. The Bertz CT molecular complexity index is 55.8. The summed E-state index contributed by atoms with van der Waals surface area (Å²) in [7, 11) is -5.39. The minimum absolute atomic E-state index is 0. The van der Waals surface area contributed by atoms with Crippen molar-refractivity contribution in [1.29, 1.82) is 0 Å². The predicted octanol–water partition coefficient (Wildman–Crippen LogP) is -2.83. The zero-order valence-corrected chi connectivity index (χ0v) is 5.89. The molecule has 7 heteroatoms. The summed E-state index contributed by atoms with van der Waals surface area (Å²) in [5, 5.41) is 0. The molecular weight excluding hydrogens is 207 g/mol. The first-order chi connectivity index (χ1) is 2.00. The molecule has 0 aliphatic carbocycles. The predicted molar refractivity (Wildman–Crippen MR) is 7.61 cm³/mol. The van der Waals surface area contributed by atoms with Crippen LogP contribution in [0.1, 0.15) is 0 Å². The molecule has 0 saturated heterocycles. The molecule has 0 aromatic rings. The number of rotatable bonds is 0. The van der Waals surface area contributed by atoms with E-state index in [0.717, 1.165) is 0 Å². The van der Waals surface area contributed by atoms with E-state index in [4.69, 9.17) is 19.2 Å². The number of hydrogen-bond acceptors (Lipinski definition) is 4. The van der Waals surface area contributed by atoms with Crippen LogP contribution in [0, 0.1) is 0 Å². The van der Waals surface area contributed by atoms with E-state index in [9.17, 15) is 0 Å². The van der Waals surface area contributed by atoms with Gasteiger partial charge in [-0.05, 0) is 0 Å². The molecule has 0 atom stereocenters. The maximum atomic E-state index is 8.55. The van der Waals surface area contributed by atoms with Gasteiger partial charge in [0.1, 0.15) is 0 Å². The first-order valence-electron chi connectivity index (χ1n) is 0.730. The molecule has 0 fully saturated rings. The van der Waals surface area contributed by atoms with E-state index < -0.39 is 7.82 Å². The van der Waals surface area contributed by atoms with E-state index in [2.05, 4.69) is 0 Å². The van der Waals surface area contributed by atoms with Crippen LogP contribution in [-0.4, -0.2) is 0 Å². The second-order valence-corrected chi connectivity index (χ2v) is 1.34. The average molecular weight is 207 g/mol. The Morgan fingerprint density at radius 1 is 1.14 bits per heavy atom. The summed E-state index contributed by atoms with van der Waals surface area (Å²) in [6.45, 7) is 0. The molecule has 0 saturated carbocycles. The van der Waals surface area contributed by atoms with Gasteiger partial charge in [0.05, 0.1) is 0 Å². The van der Waals surface area contributed by atoms with E-state index in [1.807, 2.05) is 0 Å². The molecular formula is Fe2O4P. The summed E-state index contributed by atoms with van der Waals surface area (Å²) < 4.78 is 8.55. The monoisotopic (exact) mass is 207 g/mol. The first-order valence-corrected chi connectivity index (χ1v) is 2.19. The van der Waals surface area contributed by atoms with Crippen LogP contribution in [-0.2, 0) is 38.7 Å². The second-order valence-electron chi connectivity index (χ2n) is 0.447. The quantitative estimate of drug-likeness (QED) is 0.316. The Morgan fingerprint density at radius 2 is 1.14 bits per heavy atom. The van der Waals surface area contributed by atoms with Gasteiger partial charge < -0.3 is 19.2 Å². The molecule has 45 valence electrons. The van der Waals surface area contributed by atoms with Crippen molar-refractivity contribution in [2.45, 2.75) is 0 Å². The fourth-order valence-electron chi connectivity index (χ4n) is 0. The summed E-state index contributed by atoms with van der Waals surface area (Å²) in [5.41, 5.74) is 0. The number of hydrogen-bond donors (Lipinski definition) is 0. The normalized spacial score (nSPS) is 8.43. The third-order valence-electron chi connectivity index (χ3n) is 0. The summed E-state index contributed by atoms with van der Waals surface area (Å²) in [5.74, 6) is 0. The molecule has 0 heterocycles. The summed E-state index contributed by atoms with van der Waals surface area (Å²) in [4.78, 5) is 25.6. The molecule has 0 rings (SSSR count). The van der Waals surface area contributed by atoms with Crippen molar-refractivity contribution in [3.05, 3.63) is 0 Å². The van der Waals surface area contributed by atoms with Crippen molar-refractivity contribution < 1.29 is 53.4 Å². The van der Waals surface area contributed by atoms with Gasteiger partial charge in [-0.25, -0.2) is 0 Å². The van der Waals surface area contributed by atoms with E-state index in [1.54, 1.807) is 0 Å². The van der Waals surface area contributed by atoms with Crippen molar-refractivity contribution in [2.24, 2.45) is 0 Å². The molecule has 7 heavy (non-hydrogen) atoms. The van der Waals surface area contributed by atoms with Gasteiger partial charge in [0, 0.05) is 17.1 Å². The maximum absolute atomic E-state index is 8.55. The molecule has 0 bridgehead atoms. The van der Waals surface area contributed by atoms with E-state index >= 15 is 0 Å². The Balaban J connectivity index is -0.0000000800. The van der Waals surface area contributed by atoms with Gasteiger partial charge in [0.2, 0.25) is 0 Å². The van der Waals surface area contributed by atoms with Crippen LogP contribution >= 0.6 is 7.82 Å². The van der Waals surface area contributed by atoms with Gasteiger partial charge in [-0.15, -0.1) is 0 Å². The van der Waals surface area contributed by atoms with Gasteiger partial charge in [-0.3, -0.25) is 0 Å². The maximum Gasteiger partial charge on any atom is 3.00 e. The molecule has 0 N–H and O–H groups in total. The zero-order valence-electron chi connectivity index (χ0n) is 2.79. The van der Waals surface area contributed by atoms with Gasteiger partial charge >= 0.3 is 17.1 Å². The molecule has 0 aliphatic heterocycles. The topological polar surface area (TPSA) is 86.2 Å². The van der Waals surface area contributed by atoms with Crippen LogP contribution in [0.5, 0.6) is 0 Å². The largest absolute Gasteiger partial charge is 3.00 e. The second kappa shape index (κ2) is 5.29. The summed E-state index contributed by atoms with van der Waals surface area (Å²) >= 11 is 0. The SMILES string of the molecule is O=P([O-])([O-])[O-].[Fe+3].[Fe]. The van der Waals surface area contributed by atoms with Gasteiger partial charge in [0.15, 0.2) is 0 Å². The minimum atomic E-state index is -5.39. The fourth-order valence-corrected chi connectivity index (χ4v) is 0. The number of phosphoric acid groups is 1. The fraction of sp³-hybridized carbons (Fsp3) is 0. The summed E-state index contributed by atoms with van der Waals surface area (Å²) in [6.07, 6.45) is 0. The van der Waals surface area contributed by atoms with Crippen LogP contribution < -0.4 is 14.7 Å². The van der Waals surface area contributed by atoms with Crippen LogP contribution in [0.3, 0.4) is 0 Å². The van der Waals surface area contributed by atoms with E-state index in [1.165, 1.54) is 0 Å². The summed E-state index contributed by atoms with van der Waals surface area (Å²) in [6, 6.07) is 0. The standard InChI is InChI=1S/2Fe.H3O4P/c;;1-5(2,3)4/h;;(H3,1,2,3,4)/q;+3;/p-3. The van der Waals surface area contributed by atoms with Crippen LogP contribution in [0.25, 0.3) is 0 Å². The van der Waals surface area contributed by atoms with Gasteiger partial charge in [0.25, 0.3) is 0 Å². The Labute approximate surface area is 61.5 Å².